The van der Waals surface area contributed by atoms with Crippen molar-refractivity contribution in [1.82, 2.24) is 15.0 Å². The first-order valence-electron chi connectivity index (χ1n) is 6.24. The third kappa shape index (κ3) is 4.18. The normalized spacial score (nSPS) is 11.9. The van der Waals surface area contributed by atoms with Gasteiger partial charge in [-0.25, -0.2) is 15.0 Å². The molecule has 2 rings (SSSR count). The van der Waals surface area contributed by atoms with Gasteiger partial charge in [0.05, 0.1) is 0 Å². The maximum atomic E-state index is 5.52. The molecular formula is C13H18N6. The zero-order valence-corrected chi connectivity index (χ0v) is 10.9. The highest BCUT2D eigenvalue weighted by Gasteiger charge is 2.03. The van der Waals surface area contributed by atoms with Crippen molar-refractivity contribution in [3.05, 3.63) is 36.8 Å². The van der Waals surface area contributed by atoms with Crippen molar-refractivity contribution in [3.8, 4) is 0 Å². The molecule has 2 aromatic heterocycles. The van der Waals surface area contributed by atoms with Crippen LogP contribution >= 0.6 is 0 Å². The molecule has 0 aliphatic rings. The number of anilines is 3. The molecule has 0 spiro atoms. The van der Waals surface area contributed by atoms with Gasteiger partial charge in [-0.15, -0.1) is 0 Å². The van der Waals surface area contributed by atoms with Gasteiger partial charge in [0.1, 0.15) is 23.8 Å². The molecule has 2 heterocycles. The van der Waals surface area contributed by atoms with Crippen LogP contribution in [-0.2, 0) is 0 Å². The molecule has 2 aromatic rings. The topological polar surface area (TPSA) is 88.8 Å². The Balaban J connectivity index is 2.03. The Hall–Kier alpha value is -2.21. The van der Waals surface area contributed by atoms with Crippen molar-refractivity contribution in [2.24, 2.45) is 5.73 Å². The molecule has 0 aliphatic heterocycles. The minimum absolute atomic E-state index is 0.280. The van der Waals surface area contributed by atoms with Crippen LogP contribution in [0.1, 0.15) is 13.3 Å². The van der Waals surface area contributed by atoms with E-state index in [1.807, 2.05) is 24.3 Å². The molecule has 0 saturated heterocycles. The van der Waals surface area contributed by atoms with Gasteiger partial charge in [0.15, 0.2) is 0 Å². The number of nitrogens with one attached hydrogen (secondary N) is 2. The van der Waals surface area contributed by atoms with Gasteiger partial charge in [-0.3, -0.25) is 0 Å². The van der Waals surface area contributed by atoms with Crippen LogP contribution in [-0.4, -0.2) is 27.5 Å². The zero-order chi connectivity index (χ0) is 13.5. The monoisotopic (exact) mass is 258 g/mol. The summed E-state index contributed by atoms with van der Waals surface area (Å²) < 4.78 is 0. The van der Waals surface area contributed by atoms with Crippen LogP contribution in [0, 0.1) is 0 Å². The molecule has 6 heteroatoms. The number of pyridine rings is 1. The Morgan fingerprint density at radius 2 is 2.00 bits per heavy atom. The standard InChI is InChI=1S/C13H18N6/c1-10(5-6-14)18-12-8-13(17-9-16-12)19-11-4-2-3-7-15-11/h2-4,7-10H,5-6,14H2,1H3,(H2,15,16,17,18,19). The van der Waals surface area contributed by atoms with E-state index in [1.54, 1.807) is 6.20 Å². The van der Waals surface area contributed by atoms with Crippen LogP contribution in [0.2, 0.25) is 0 Å². The Morgan fingerprint density at radius 3 is 2.74 bits per heavy atom. The molecule has 0 radical (unpaired) electrons. The highest BCUT2D eigenvalue weighted by Crippen LogP contribution is 2.14. The Bertz CT molecular complexity index is 501. The summed E-state index contributed by atoms with van der Waals surface area (Å²) >= 11 is 0. The molecule has 0 saturated carbocycles. The summed E-state index contributed by atoms with van der Waals surface area (Å²) in [4.78, 5) is 12.5. The van der Waals surface area contributed by atoms with Gasteiger partial charge in [0.2, 0.25) is 0 Å². The van der Waals surface area contributed by atoms with Crippen molar-refractivity contribution in [2.45, 2.75) is 19.4 Å². The fraction of sp³-hybridized carbons (Fsp3) is 0.308. The summed E-state index contributed by atoms with van der Waals surface area (Å²) in [6, 6.07) is 7.79. The summed E-state index contributed by atoms with van der Waals surface area (Å²) in [5, 5.41) is 6.40. The summed E-state index contributed by atoms with van der Waals surface area (Å²) in [6.07, 6.45) is 4.14. The molecule has 4 N–H and O–H groups in total. The summed E-state index contributed by atoms with van der Waals surface area (Å²) in [5.41, 5.74) is 5.52. The van der Waals surface area contributed by atoms with E-state index in [4.69, 9.17) is 5.73 Å². The van der Waals surface area contributed by atoms with Crippen molar-refractivity contribution in [2.75, 3.05) is 17.2 Å². The second-order valence-corrected chi connectivity index (χ2v) is 4.25. The van der Waals surface area contributed by atoms with Gasteiger partial charge >= 0.3 is 0 Å². The van der Waals surface area contributed by atoms with Crippen molar-refractivity contribution >= 4 is 17.5 Å². The number of hydrogen-bond acceptors (Lipinski definition) is 6. The van der Waals surface area contributed by atoms with E-state index in [-0.39, 0.29) is 6.04 Å². The summed E-state index contributed by atoms with van der Waals surface area (Å²) in [6.45, 7) is 2.72. The first kappa shape index (κ1) is 13.2. The Morgan fingerprint density at radius 1 is 1.16 bits per heavy atom. The van der Waals surface area contributed by atoms with Crippen molar-refractivity contribution in [1.29, 1.82) is 0 Å². The van der Waals surface area contributed by atoms with E-state index >= 15 is 0 Å². The van der Waals surface area contributed by atoms with Gasteiger partial charge < -0.3 is 16.4 Å². The summed E-state index contributed by atoms with van der Waals surface area (Å²) in [7, 11) is 0. The third-order valence-electron chi connectivity index (χ3n) is 2.58. The van der Waals surface area contributed by atoms with E-state index in [0.29, 0.717) is 12.4 Å². The Labute approximate surface area is 112 Å². The molecule has 6 nitrogen and oxygen atoms in total. The predicted octanol–water partition coefficient (Wildman–Crippen LogP) is 1.76. The van der Waals surface area contributed by atoms with Gasteiger partial charge in [0, 0.05) is 18.3 Å². The molecule has 1 unspecified atom stereocenters. The first-order chi connectivity index (χ1) is 9.28. The summed E-state index contributed by atoms with van der Waals surface area (Å²) in [5.74, 6) is 2.23. The minimum Gasteiger partial charge on any atom is -0.367 e. The molecule has 100 valence electrons. The van der Waals surface area contributed by atoms with E-state index < -0.39 is 0 Å². The highest BCUT2D eigenvalue weighted by atomic mass is 15.1. The number of hydrogen-bond donors (Lipinski definition) is 3. The van der Waals surface area contributed by atoms with Crippen molar-refractivity contribution < 1.29 is 0 Å². The quantitative estimate of drug-likeness (QED) is 0.731. The average molecular weight is 258 g/mol. The van der Waals surface area contributed by atoms with Crippen LogP contribution < -0.4 is 16.4 Å². The number of nitrogens with two attached hydrogens (primary N) is 1. The molecule has 0 bridgehead atoms. The van der Waals surface area contributed by atoms with Gasteiger partial charge in [-0.05, 0) is 32.0 Å². The molecule has 1 atom stereocenters. The lowest BCUT2D eigenvalue weighted by Gasteiger charge is -2.13. The lowest BCUT2D eigenvalue weighted by molar-refractivity contribution is 0.713. The largest absolute Gasteiger partial charge is 0.367 e. The minimum atomic E-state index is 0.280. The number of aromatic nitrogens is 3. The second kappa shape index (κ2) is 6.65. The fourth-order valence-electron chi connectivity index (χ4n) is 1.65. The van der Waals surface area contributed by atoms with Gasteiger partial charge in [-0.2, -0.15) is 0 Å². The van der Waals surface area contributed by atoms with Crippen LogP contribution in [0.5, 0.6) is 0 Å². The first-order valence-corrected chi connectivity index (χ1v) is 6.24. The van der Waals surface area contributed by atoms with E-state index in [9.17, 15) is 0 Å². The lowest BCUT2D eigenvalue weighted by atomic mass is 10.2. The maximum Gasteiger partial charge on any atom is 0.137 e. The predicted molar refractivity (Wildman–Crippen MR) is 76.3 cm³/mol. The molecular weight excluding hydrogens is 240 g/mol. The molecule has 0 amide bonds. The molecule has 0 fully saturated rings. The third-order valence-corrected chi connectivity index (χ3v) is 2.58. The fourth-order valence-corrected chi connectivity index (χ4v) is 1.65. The van der Waals surface area contributed by atoms with Gasteiger partial charge in [-0.1, -0.05) is 6.07 Å². The van der Waals surface area contributed by atoms with E-state index in [1.165, 1.54) is 6.33 Å². The average Bonchev–Trinajstić information content (AvgIpc) is 2.40. The molecule has 0 aliphatic carbocycles. The van der Waals surface area contributed by atoms with Gasteiger partial charge in [0.25, 0.3) is 0 Å². The SMILES string of the molecule is CC(CCN)Nc1cc(Nc2ccccn2)ncn1. The molecule has 0 aromatic carbocycles. The van der Waals surface area contributed by atoms with E-state index in [0.717, 1.165) is 18.1 Å². The number of nitrogens with zero attached hydrogens (tertiary/aromatic N) is 3. The smallest absolute Gasteiger partial charge is 0.137 e. The van der Waals surface area contributed by atoms with Crippen LogP contribution in [0.3, 0.4) is 0 Å². The second-order valence-electron chi connectivity index (χ2n) is 4.25. The Kier molecular flexibility index (Phi) is 4.63. The van der Waals surface area contributed by atoms with Crippen LogP contribution in [0.25, 0.3) is 0 Å². The number of rotatable bonds is 6. The van der Waals surface area contributed by atoms with Crippen LogP contribution in [0.4, 0.5) is 17.5 Å². The van der Waals surface area contributed by atoms with Crippen molar-refractivity contribution in [3.63, 3.8) is 0 Å². The van der Waals surface area contributed by atoms with Crippen LogP contribution in [0.15, 0.2) is 36.8 Å². The maximum absolute atomic E-state index is 5.52. The lowest BCUT2D eigenvalue weighted by Crippen LogP contribution is -2.20. The molecule has 19 heavy (non-hydrogen) atoms. The zero-order valence-electron chi connectivity index (χ0n) is 10.9. The van der Waals surface area contributed by atoms with E-state index in [2.05, 4.69) is 32.5 Å². The highest BCUT2D eigenvalue weighted by molar-refractivity contribution is 5.55.